The maximum Gasteiger partial charge on any atom is 0.339 e. The molecule has 1 aromatic heterocycles. The zero-order valence-electron chi connectivity index (χ0n) is 8.47. The summed E-state index contributed by atoms with van der Waals surface area (Å²) in [7, 11) is 1.86. The van der Waals surface area contributed by atoms with Gasteiger partial charge < -0.3 is 15.7 Å². The fraction of sp³-hybridized carbons (Fsp3) is 0.400. The number of nitrogens with zero attached hydrogens (tertiary/aromatic N) is 2. The van der Waals surface area contributed by atoms with Crippen LogP contribution in [0.3, 0.4) is 0 Å². The number of rotatable bonds is 3. The Kier molecular flexibility index (Phi) is 2.22. The number of hydrogen-bond donors (Lipinski definition) is 2. The van der Waals surface area contributed by atoms with Crippen LogP contribution < -0.4 is 10.6 Å². The molecule has 80 valence electrons. The van der Waals surface area contributed by atoms with Gasteiger partial charge in [-0.25, -0.2) is 9.78 Å². The van der Waals surface area contributed by atoms with Crippen molar-refractivity contribution in [2.75, 3.05) is 17.7 Å². The average Bonchev–Trinajstić information content (AvgIpc) is 2.99. The van der Waals surface area contributed by atoms with Gasteiger partial charge in [-0.1, -0.05) is 0 Å². The third-order valence-corrected chi connectivity index (χ3v) is 2.55. The molecule has 2 rings (SSSR count). The van der Waals surface area contributed by atoms with E-state index in [1.807, 2.05) is 11.9 Å². The quantitative estimate of drug-likeness (QED) is 0.771. The van der Waals surface area contributed by atoms with Crippen molar-refractivity contribution in [3.05, 3.63) is 17.8 Å². The van der Waals surface area contributed by atoms with Gasteiger partial charge in [0.25, 0.3) is 0 Å². The zero-order chi connectivity index (χ0) is 11.0. The van der Waals surface area contributed by atoms with E-state index in [9.17, 15) is 4.79 Å². The fourth-order valence-corrected chi connectivity index (χ4v) is 1.55. The number of pyridine rings is 1. The molecule has 1 saturated carbocycles. The van der Waals surface area contributed by atoms with Crippen LogP contribution in [0.4, 0.5) is 11.5 Å². The number of anilines is 2. The normalized spacial score (nSPS) is 15.0. The van der Waals surface area contributed by atoms with Gasteiger partial charge in [-0.2, -0.15) is 0 Å². The summed E-state index contributed by atoms with van der Waals surface area (Å²) >= 11 is 0. The van der Waals surface area contributed by atoms with Gasteiger partial charge in [0.2, 0.25) is 0 Å². The monoisotopic (exact) mass is 207 g/mol. The molecule has 15 heavy (non-hydrogen) atoms. The number of nitrogens with two attached hydrogens (primary N) is 1. The predicted octanol–water partition coefficient (Wildman–Crippen LogP) is 0.961. The molecule has 1 aromatic rings. The summed E-state index contributed by atoms with van der Waals surface area (Å²) in [5.41, 5.74) is 6.06. The summed E-state index contributed by atoms with van der Waals surface area (Å²) in [5.74, 6) is -0.489. The van der Waals surface area contributed by atoms with Gasteiger partial charge in [-0.05, 0) is 18.9 Å². The van der Waals surface area contributed by atoms with Crippen molar-refractivity contribution in [1.82, 2.24) is 4.98 Å². The van der Waals surface area contributed by atoms with E-state index in [-0.39, 0.29) is 5.56 Å². The predicted molar refractivity (Wildman–Crippen MR) is 57.0 cm³/mol. The van der Waals surface area contributed by atoms with Crippen LogP contribution in [0.5, 0.6) is 0 Å². The first-order valence-electron chi connectivity index (χ1n) is 4.81. The zero-order valence-corrected chi connectivity index (χ0v) is 8.47. The molecule has 0 aromatic carbocycles. The van der Waals surface area contributed by atoms with E-state index in [0.29, 0.717) is 17.5 Å². The standard InChI is InChI=1S/C10H13N3O2/c1-13(7-2-3-7)9-8(10(14)15)4-6(11)5-12-9/h4-5,7H,2-3,11H2,1H3,(H,14,15). The molecule has 0 unspecified atom stereocenters. The highest BCUT2D eigenvalue weighted by Crippen LogP contribution is 2.31. The van der Waals surface area contributed by atoms with E-state index >= 15 is 0 Å². The largest absolute Gasteiger partial charge is 0.478 e. The van der Waals surface area contributed by atoms with Crippen LogP contribution in [0.2, 0.25) is 0 Å². The van der Waals surface area contributed by atoms with Gasteiger partial charge in [0, 0.05) is 13.1 Å². The number of nitrogen functional groups attached to an aromatic ring is 1. The first-order valence-corrected chi connectivity index (χ1v) is 4.81. The molecule has 1 aliphatic rings. The van der Waals surface area contributed by atoms with Gasteiger partial charge in [0.05, 0.1) is 11.9 Å². The number of carboxylic acids is 1. The first-order chi connectivity index (χ1) is 7.09. The number of aromatic carboxylic acids is 1. The molecule has 0 aliphatic heterocycles. The summed E-state index contributed by atoms with van der Waals surface area (Å²) in [4.78, 5) is 17.0. The van der Waals surface area contributed by atoms with Gasteiger partial charge in [0.1, 0.15) is 11.4 Å². The van der Waals surface area contributed by atoms with E-state index in [0.717, 1.165) is 12.8 Å². The lowest BCUT2D eigenvalue weighted by molar-refractivity contribution is 0.0697. The molecule has 0 bridgehead atoms. The van der Waals surface area contributed by atoms with Crippen molar-refractivity contribution in [2.45, 2.75) is 18.9 Å². The van der Waals surface area contributed by atoms with Crippen LogP contribution in [-0.4, -0.2) is 29.1 Å². The topological polar surface area (TPSA) is 79.5 Å². The van der Waals surface area contributed by atoms with Crippen molar-refractivity contribution in [2.24, 2.45) is 0 Å². The summed E-state index contributed by atoms with van der Waals surface area (Å²) in [6, 6.07) is 1.88. The lowest BCUT2D eigenvalue weighted by Gasteiger charge is -2.19. The van der Waals surface area contributed by atoms with Crippen molar-refractivity contribution in [3.8, 4) is 0 Å². The van der Waals surface area contributed by atoms with E-state index in [1.54, 1.807) is 0 Å². The second-order valence-electron chi connectivity index (χ2n) is 3.79. The molecule has 0 atom stereocenters. The van der Waals surface area contributed by atoms with E-state index in [4.69, 9.17) is 10.8 Å². The van der Waals surface area contributed by atoms with E-state index in [2.05, 4.69) is 4.98 Å². The van der Waals surface area contributed by atoms with Crippen LogP contribution in [0.1, 0.15) is 23.2 Å². The molecule has 3 N–H and O–H groups in total. The molecule has 5 nitrogen and oxygen atoms in total. The second-order valence-corrected chi connectivity index (χ2v) is 3.79. The lowest BCUT2D eigenvalue weighted by Crippen LogP contribution is -2.23. The Labute approximate surface area is 87.5 Å². The SMILES string of the molecule is CN(c1ncc(N)cc1C(=O)O)C1CC1. The Balaban J connectivity index is 2.40. The van der Waals surface area contributed by atoms with E-state index in [1.165, 1.54) is 12.3 Å². The van der Waals surface area contributed by atoms with Crippen LogP contribution in [0.15, 0.2) is 12.3 Å². The summed E-state index contributed by atoms with van der Waals surface area (Å²) in [6.45, 7) is 0. The maximum absolute atomic E-state index is 11.0. The van der Waals surface area contributed by atoms with Crippen LogP contribution in [-0.2, 0) is 0 Å². The molecule has 5 heteroatoms. The maximum atomic E-state index is 11.0. The summed E-state index contributed by atoms with van der Waals surface area (Å²) < 4.78 is 0. The van der Waals surface area contributed by atoms with E-state index < -0.39 is 5.97 Å². The minimum absolute atomic E-state index is 0.171. The Morgan fingerprint density at radius 1 is 1.67 bits per heavy atom. The number of hydrogen-bond acceptors (Lipinski definition) is 4. The Morgan fingerprint density at radius 3 is 2.87 bits per heavy atom. The van der Waals surface area contributed by atoms with Crippen molar-refractivity contribution < 1.29 is 9.90 Å². The first kappa shape index (κ1) is 9.76. The summed E-state index contributed by atoms with van der Waals surface area (Å²) in [6.07, 6.45) is 3.68. The molecule has 0 amide bonds. The number of carboxylic acid groups (broad SMARTS) is 1. The number of carbonyl (C=O) groups is 1. The molecule has 0 saturated heterocycles. The van der Waals surface area contributed by atoms with Crippen LogP contribution in [0.25, 0.3) is 0 Å². The lowest BCUT2D eigenvalue weighted by atomic mass is 10.2. The molecule has 0 radical (unpaired) electrons. The molecular weight excluding hydrogens is 194 g/mol. The van der Waals surface area contributed by atoms with Gasteiger partial charge in [-0.3, -0.25) is 0 Å². The van der Waals surface area contributed by atoms with Crippen molar-refractivity contribution >= 4 is 17.5 Å². The smallest absolute Gasteiger partial charge is 0.339 e. The third-order valence-electron chi connectivity index (χ3n) is 2.55. The van der Waals surface area contributed by atoms with Crippen molar-refractivity contribution in [3.63, 3.8) is 0 Å². The molecule has 1 heterocycles. The van der Waals surface area contributed by atoms with Crippen molar-refractivity contribution in [1.29, 1.82) is 0 Å². The van der Waals surface area contributed by atoms with Gasteiger partial charge in [0.15, 0.2) is 0 Å². The van der Waals surface area contributed by atoms with Crippen LogP contribution >= 0.6 is 0 Å². The minimum Gasteiger partial charge on any atom is -0.478 e. The Morgan fingerprint density at radius 2 is 2.33 bits per heavy atom. The molecule has 1 aliphatic carbocycles. The Hall–Kier alpha value is -1.78. The highest BCUT2D eigenvalue weighted by Gasteiger charge is 2.29. The van der Waals surface area contributed by atoms with Gasteiger partial charge >= 0.3 is 5.97 Å². The molecular formula is C10H13N3O2. The Bertz CT molecular complexity index is 402. The average molecular weight is 207 g/mol. The minimum atomic E-state index is -0.989. The number of aromatic nitrogens is 1. The second kappa shape index (κ2) is 3.42. The summed E-state index contributed by atoms with van der Waals surface area (Å²) in [5, 5.41) is 9.02. The molecule has 0 spiro atoms. The highest BCUT2D eigenvalue weighted by atomic mass is 16.4. The van der Waals surface area contributed by atoms with Crippen LogP contribution in [0, 0.1) is 0 Å². The molecule has 1 fully saturated rings. The van der Waals surface area contributed by atoms with Gasteiger partial charge in [-0.15, -0.1) is 0 Å². The third kappa shape index (κ3) is 1.86. The highest BCUT2D eigenvalue weighted by molar-refractivity contribution is 5.94. The fourth-order valence-electron chi connectivity index (χ4n) is 1.55.